The smallest absolute Gasteiger partial charge is 0.273 e. The molecule has 0 aliphatic heterocycles. The third-order valence-electron chi connectivity index (χ3n) is 3.96. The van der Waals surface area contributed by atoms with E-state index in [-0.39, 0.29) is 34.4 Å². The topological polar surface area (TPSA) is 134 Å². The summed E-state index contributed by atoms with van der Waals surface area (Å²) in [4.78, 5) is 23.3. The number of aromatic nitrogens is 1. The first kappa shape index (κ1) is 19.7. The van der Waals surface area contributed by atoms with Crippen molar-refractivity contribution in [1.82, 2.24) is 10.5 Å². The molecule has 4 N–H and O–H groups in total. The van der Waals surface area contributed by atoms with E-state index in [9.17, 15) is 19.8 Å². The molecule has 9 heteroatoms. The predicted octanol–water partition coefficient (Wildman–Crippen LogP) is 3.33. The zero-order valence-corrected chi connectivity index (χ0v) is 15.7. The normalized spacial score (nSPS) is 11.5. The number of carbonyl (C=O) groups excluding carboxylic acids is 2. The Hall–Kier alpha value is -4.01. The number of aromatic hydroxyl groups is 2. The molecule has 0 bridgehead atoms. The van der Waals surface area contributed by atoms with E-state index in [1.54, 1.807) is 31.2 Å². The van der Waals surface area contributed by atoms with Crippen LogP contribution in [0.1, 0.15) is 35.9 Å². The molecule has 2 amide bonds. The number of phenols is 2. The van der Waals surface area contributed by atoms with Crippen LogP contribution in [0.2, 0.25) is 0 Å². The van der Waals surface area contributed by atoms with Crippen LogP contribution >= 0.6 is 0 Å². The van der Waals surface area contributed by atoms with Crippen molar-refractivity contribution in [2.45, 2.75) is 19.9 Å². The van der Waals surface area contributed by atoms with Crippen molar-refractivity contribution in [1.29, 1.82) is 0 Å². The molecule has 0 fully saturated rings. The molecule has 2 aromatic carbocycles. The molecule has 150 valence electrons. The van der Waals surface area contributed by atoms with Crippen molar-refractivity contribution in [3.05, 3.63) is 60.0 Å². The van der Waals surface area contributed by atoms with Gasteiger partial charge >= 0.3 is 0 Å². The number of carbonyl (C=O) groups is 2. The van der Waals surface area contributed by atoms with Gasteiger partial charge in [-0.3, -0.25) is 9.59 Å². The summed E-state index contributed by atoms with van der Waals surface area (Å²) >= 11 is 0. The summed E-state index contributed by atoms with van der Waals surface area (Å²) in [6, 6.07) is 9.75. The number of nitrogens with zero attached hydrogens (tertiary/aromatic N) is 1. The van der Waals surface area contributed by atoms with E-state index >= 15 is 0 Å². The molecule has 0 radical (unpaired) electrons. The van der Waals surface area contributed by atoms with Gasteiger partial charge in [-0.25, -0.2) is 0 Å². The van der Waals surface area contributed by atoms with Gasteiger partial charge in [-0.05, 0) is 31.2 Å². The molecule has 3 rings (SSSR count). The van der Waals surface area contributed by atoms with E-state index in [1.165, 1.54) is 25.3 Å². The number of phenolic OH excluding ortho intramolecular Hbond substituents is 2. The highest BCUT2D eigenvalue weighted by Gasteiger charge is 2.22. The Morgan fingerprint density at radius 3 is 2.48 bits per heavy atom. The van der Waals surface area contributed by atoms with E-state index in [0.717, 1.165) is 6.07 Å². The number of anilines is 1. The molecule has 3 aromatic rings. The van der Waals surface area contributed by atoms with E-state index in [1.807, 2.05) is 0 Å². The van der Waals surface area contributed by atoms with Gasteiger partial charge < -0.3 is 30.1 Å². The Morgan fingerprint density at radius 1 is 1.14 bits per heavy atom. The molecule has 1 heterocycles. The van der Waals surface area contributed by atoms with Crippen molar-refractivity contribution in [2.75, 3.05) is 5.32 Å². The maximum Gasteiger partial charge on any atom is 0.273 e. The van der Waals surface area contributed by atoms with Gasteiger partial charge in [-0.1, -0.05) is 5.16 Å². The van der Waals surface area contributed by atoms with Crippen molar-refractivity contribution >= 4 is 17.5 Å². The summed E-state index contributed by atoms with van der Waals surface area (Å²) in [5.41, 5.74) is 0.953. The van der Waals surface area contributed by atoms with Gasteiger partial charge in [-0.15, -0.1) is 0 Å². The van der Waals surface area contributed by atoms with Crippen LogP contribution in [0.4, 0.5) is 5.69 Å². The van der Waals surface area contributed by atoms with E-state index < -0.39 is 11.9 Å². The first-order chi connectivity index (χ1) is 13.8. The largest absolute Gasteiger partial charge is 0.508 e. The number of benzene rings is 2. The minimum Gasteiger partial charge on any atom is -0.508 e. The molecule has 0 spiro atoms. The average Bonchev–Trinajstić information content (AvgIpc) is 3.17. The van der Waals surface area contributed by atoms with E-state index in [0.29, 0.717) is 11.4 Å². The van der Waals surface area contributed by atoms with Crippen molar-refractivity contribution in [2.24, 2.45) is 0 Å². The number of rotatable bonds is 6. The minimum atomic E-state index is -0.673. The summed E-state index contributed by atoms with van der Waals surface area (Å²) < 4.78 is 10.5. The Bertz CT molecular complexity index is 1020. The van der Waals surface area contributed by atoms with E-state index in [2.05, 4.69) is 20.3 Å². The monoisotopic (exact) mass is 397 g/mol. The van der Waals surface area contributed by atoms with Crippen LogP contribution in [0.5, 0.6) is 23.0 Å². The molecule has 0 saturated heterocycles. The standard InChI is InChI=1S/C20H19N3O6/c1-11(21-20(27)16-7-8-28-23-16)19-17(26)9-14(25)10-18(19)29-15-5-3-13(4-6-15)22-12(2)24/h3-11,25-26H,1-2H3,(H,21,27)(H,22,24). The molecule has 0 aliphatic rings. The molecule has 9 nitrogen and oxygen atoms in total. The fraction of sp³-hybridized carbons (Fsp3) is 0.150. The van der Waals surface area contributed by atoms with Gasteiger partial charge in [0.15, 0.2) is 5.69 Å². The van der Waals surface area contributed by atoms with Crippen molar-refractivity contribution in [3.8, 4) is 23.0 Å². The Morgan fingerprint density at radius 2 is 1.86 bits per heavy atom. The molecule has 1 aromatic heterocycles. The van der Waals surface area contributed by atoms with Gasteiger partial charge in [0.25, 0.3) is 5.91 Å². The van der Waals surface area contributed by atoms with Gasteiger partial charge in [-0.2, -0.15) is 0 Å². The van der Waals surface area contributed by atoms with Crippen LogP contribution in [0.25, 0.3) is 0 Å². The van der Waals surface area contributed by atoms with Crippen LogP contribution in [0.15, 0.2) is 53.3 Å². The lowest BCUT2D eigenvalue weighted by Crippen LogP contribution is -2.27. The number of ether oxygens (including phenoxy) is 1. The fourth-order valence-electron chi connectivity index (χ4n) is 2.73. The highest BCUT2D eigenvalue weighted by atomic mass is 16.5. The SMILES string of the molecule is CC(=O)Nc1ccc(Oc2cc(O)cc(O)c2C(C)NC(=O)c2ccon2)cc1. The first-order valence-electron chi connectivity index (χ1n) is 8.66. The van der Waals surface area contributed by atoms with Crippen LogP contribution < -0.4 is 15.4 Å². The quantitative estimate of drug-likeness (QED) is 0.501. The summed E-state index contributed by atoms with van der Waals surface area (Å²) in [6.07, 6.45) is 1.27. The number of amides is 2. The zero-order valence-electron chi connectivity index (χ0n) is 15.7. The highest BCUT2D eigenvalue weighted by molar-refractivity contribution is 5.92. The van der Waals surface area contributed by atoms with Gasteiger partial charge in [0, 0.05) is 30.8 Å². The molecule has 1 atom stereocenters. The predicted molar refractivity (Wildman–Crippen MR) is 103 cm³/mol. The highest BCUT2D eigenvalue weighted by Crippen LogP contribution is 2.39. The average molecular weight is 397 g/mol. The third-order valence-corrected chi connectivity index (χ3v) is 3.96. The summed E-state index contributed by atoms with van der Waals surface area (Å²) in [6.45, 7) is 3.05. The van der Waals surface area contributed by atoms with Crippen LogP contribution in [-0.4, -0.2) is 27.2 Å². The second-order valence-electron chi connectivity index (χ2n) is 6.26. The maximum atomic E-state index is 12.2. The van der Waals surface area contributed by atoms with Crippen LogP contribution in [-0.2, 0) is 4.79 Å². The number of hydrogen-bond acceptors (Lipinski definition) is 7. The van der Waals surface area contributed by atoms with Crippen molar-refractivity contribution < 1.29 is 29.1 Å². The zero-order chi connectivity index (χ0) is 21.0. The summed E-state index contributed by atoms with van der Waals surface area (Å²) in [7, 11) is 0. The number of hydrogen-bond donors (Lipinski definition) is 4. The Kier molecular flexibility index (Phi) is 5.68. The van der Waals surface area contributed by atoms with Gasteiger partial charge in [0.1, 0.15) is 29.3 Å². The number of nitrogens with one attached hydrogen (secondary N) is 2. The lowest BCUT2D eigenvalue weighted by Gasteiger charge is -2.19. The second-order valence-corrected chi connectivity index (χ2v) is 6.26. The molecular weight excluding hydrogens is 378 g/mol. The van der Waals surface area contributed by atoms with Crippen molar-refractivity contribution in [3.63, 3.8) is 0 Å². The summed E-state index contributed by atoms with van der Waals surface area (Å²) in [5.74, 6) is -0.586. The first-order valence-corrected chi connectivity index (χ1v) is 8.66. The summed E-state index contributed by atoms with van der Waals surface area (Å²) in [5, 5.41) is 29.1. The maximum absolute atomic E-state index is 12.2. The molecule has 0 aliphatic carbocycles. The lowest BCUT2D eigenvalue weighted by molar-refractivity contribution is -0.114. The molecule has 29 heavy (non-hydrogen) atoms. The molecule has 1 unspecified atom stereocenters. The molecular formula is C20H19N3O6. The molecule has 0 saturated carbocycles. The fourth-order valence-corrected chi connectivity index (χ4v) is 2.73. The van der Waals surface area contributed by atoms with Crippen LogP contribution in [0, 0.1) is 0 Å². The van der Waals surface area contributed by atoms with Gasteiger partial charge in [0.2, 0.25) is 5.91 Å². The van der Waals surface area contributed by atoms with Crippen LogP contribution in [0.3, 0.4) is 0 Å². The second kappa shape index (κ2) is 8.34. The Labute approximate surface area is 165 Å². The Balaban J connectivity index is 1.84. The lowest BCUT2D eigenvalue weighted by atomic mass is 10.0. The van der Waals surface area contributed by atoms with E-state index in [4.69, 9.17) is 4.74 Å². The van der Waals surface area contributed by atoms with Gasteiger partial charge in [0.05, 0.1) is 11.6 Å². The third kappa shape index (κ3) is 4.83. The minimum absolute atomic E-state index is 0.0890.